The van der Waals surface area contributed by atoms with E-state index in [9.17, 15) is 0 Å². The molecule has 29 heavy (non-hydrogen) atoms. The molecule has 2 heterocycles. The van der Waals surface area contributed by atoms with Crippen LogP contribution in [0.4, 0.5) is 0 Å². The number of methoxy groups -OCH3 is 1. The number of hydrogen-bond acceptors (Lipinski definition) is 4. The Morgan fingerprint density at radius 3 is 2.93 bits per heavy atom. The Hall–Kier alpha value is -2.89. The summed E-state index contributed by atoms with van der Waals surface area (Å²) in [6, 6.07) is 12.5. The molecule has 2 unspecified atom stereocenters. The van der Waals surface area contributed by atoms with E-state index in [4.69, 9.17) is 19.2 Å². The van der Waals surface area contributed by atoms with Crippen molar-refractivity contribution in [1.29, 1.82) is 0 Å². The van der Waals surface area contributed by atoms with E-state index in [1.165, 1.54) is 11.1 Å². The molecule has 154 valence electrons. The average molecular weight is 396 g/mol. The van der Waals surface area contributed by atoms with Crippen molar-refractivity contribution in [3.05, 3.63) is 53.1 Å². The second kappa shape index (κ2) is 8.64. The van der Waals surface area contributed by atoms with Gasteiger partial charge >= 0.3 is 0 Å². The van der Waals surface area contributed by atoms with Gasteiger partial charge in [0.15, 0.2) is 5.96 Å². The van der Waals surface area contributed by atoms with E-state index in [0.29, 0.717) is 13.2 Å². The number of guanidine groups is 1. The minimum atomic E-state index is 0.170. The molecule has 2 N–H and O–H groups in total. The van der Waals surface area contributed by atoms with Crippen molar-refractivity contribution in [3.8, 4) is 17.2 Å². The van der Waals surface area contributed by atoms with Crippen molar-refractivity contribution < 1.29 is 14.2 Å². The second-order valence-corrected chi connectivity index (χ2v) is 7.47. The van der Waals surface area contributed by atoms with Crippen LogP contribution in [0.25, 0.3) is 0 Å². The first-order valence-electron chi connectivity index (χ1n) is 10.3. The number of para-hydroxylation sites is 1. The first kappa shape index (κ1) is 19.4. The Morgan fingerprint density at radius 2 is 2.10 bits per heavy atom. The van der Waals surface area contributed by atoms with E-state index in [1.54, 1.807) is 7.11 Å². The number of fused-ring (bicyclic) bond motifs is 2. The molecule has 2 atom stereocenters. The summed E-state index contributed by atoms with van der Waals surface area (Å²) in [4.78, 5) is 4.82. The Bertz CT molecular complexity index is 897. The third-order valence-electron chi connectivity index (χ3n) is 5.32. The van der Waals surface area contributed by atoms with Gasteiger partial charge in [-0.3, -0.25) is 0 Å². The van der Waals surface area contributed by atoms with Crippen LogP contribution in [0.3, 0.4) is 0 Å². The fourth-order valence-electron chi connectivity index (χ4n) is 3.94. The van der Waals surface area contributed by atoms with Crippen LogP contribution in [-0.4, -0.2) is 32.3 Å². The smallest absolute Gasteiger partial charge is 0.192 e. The van der Waals surface area contributed by atoms with Gasteiger partial charge in [-0.2, -0.15) is 0 Å². The summed E-state index contributed by atoms with van der Waals surface area (Å²) in [7, 11) is 1.70. The lowest BCUT2D eigenvalue weighted by molar-refractivity contribution is 0.254. The van der Waals surface area contributed by atoms with Crippen molar-refractivity contribution in [2.75, 3.05) is 20.3 Å². The third kappa shape index (κ3) is 4.26. The molecule has 0 amide bonds. The minimum absolute atomic E-state index is 0.170. The van der Waals surface area contributed by atoms with E-state index in [2.05, 4.69) is 42.7 Å². The summed E-state index contributed by atoms with van der Waals surface area (Å²) in [5.74, 6) is 3.53. The highest BCUT2D eigenvalue weighted by molar-refractivity contribution is 5.80. The van der Waals surface area contributed by atoms with E-state index < -0.39 is 0 Å². The monoisotopic (exact) mass is 395 g/mol. The Kier molecular flexibility index (Phi) is 5.79. The lowest BCUT2D eigenvalue weighted by Gasteiger charge is -2.28. The Labute approximate surface area is 172 Å². The molecule has 0 aromatic heterocycles. The zero-order valence-corrected chi connectivity index (χ0v) is 17.3. The fourth-order valence-corrected chi connectivity index (χ4v) is 3.94. The van der Waals surface area contributed by atoms with Crippen molar-refractivity contribution in [3.63, 3.8) is 0 Å². The van der Waals surface area contributed by atoms with Crippen molar-refractivity contribution >= 4 is 5.96 Å². The van der Waals surface area contributed by atoms with E-state index in [-0.39, 0.29) is 12.1 Å². The van der Waals surface area contributed by atoms with Crippen LogP contribution < -0.4 is 24.8 Å². The predicted molar refractivity (Wildman–Crippen MR) is 114 cm³/mol. The third-order valence-corrected chi connectivity index (χ3v) is 5.32. The number of nitrogens with zero attached hydrogens (tertiary/aromatic N) is 1. The summed E-state index contributed by atoms with van der Waals surface area (Å²) >= 11 is 0. The highest BCUT2D eigenvalue weighted by Gasteiger charge is 2.23. The number of hydrogen-bond donors (Lipinski definition) is 2. The SMILES string of the molecule is CCNC(=NCc1cc2c(cc1OC)CC(C)O2)NC1CCOc2ccccc21. The summed E-state index contributed by atoms with van der Waals surface area (Å²) in [6.07, 6.45) is 2.03. The van der Waals surface area contributed by atoms with Crippen molar-refractivity contribution in [2.45, 2.75) is 45.4 Å². The highest BCUT2D eigenvalue weighted by atomic mass is 16.5. The maximum absolute atomic E-state index is 5.91. The summed E-state index contributed by atoms with van der Waals surface area (Å²) in [5.41, 5.74) is 3.39. The first-order chi connectivity index (χ1) is 14.2. The van der Waals surface area contributed by atoms with E-state index >= 15 is 0 Å². The van der Waals surface area contributed by atoms with Gasteiger partial charge in [0.2, 0.25) is 0 Å². The maximum Gasteiger partial charge on any atom is 0.192 e. The summed E-state index contributed by atoms with van der Waals surface area (Å²) in [5, 5.41) is 6.92. The molecule has 6 heteroatoms. The second-order valence-electron chi connectivity index (χ2n) is 7.47. The van der Waals surface area contributed by atoms with Gasteiger partial charge in [0.25, 0.3) is 0 Å². The fraction of sp³-hybridized carbons (Fsp3) is 0.435. The van der Waals surface area contributed by atoms with Crippen molar-refractivity contribution in [2.24, 2.45) is 4.99 Å². The van der Waals surface area contributed by atoms with Gasteiger partial charge in [-0.25, -0.2) is 4.99 Å². The molecule has 0 radical (unpaired) electrons. The number of ether oxygens (including phenoxy) is 3. The normalized spacial score (nSPS) is 20.2. The van der Waals surface area contributed by atoms with Gasteiger partial charge in [-0.1, -0.05) is 18.2 Å². The lowest BCUT2D eigenvalue weighted by Crippen LogP contribution is -2.41. The van der Waals surface area contributed by atoms with Gasteiger partial charge in [0.05, 0.1) is 26.3 Å². The first-order valence-corrected chi connectivity index (χ1v) is 10.3. The zero-order chi connectivity index (χ0) is 20.2. The molecule has 0 saturated carbocycles. The van der Waals surface area contributed by atoms with Crippen LogP contribution in [0.2, 0.25) is 0 Å². The van der Waals surface area contributed by atoms with E-state index in [1.807, 2.05) is 18.2 Å². The molecule has 0 saturated heterocycles. The zero-order valence-electron chi connectivity index (χ0n) is 17.3. The molecular formula is C23H29N3O3. The van der Waals surface area contributed by atoms with Crippen LogP contribution >= 0.6 is 0 Å². The molecule has 2 aromatic rings. The van der Waals surface area contributed by atoms with Crippen LogP contribution in [0.5, 0.6) is 17.2 Å². The van der Waals surface area contributed by atoms with E-state index in [0.717, 1.165) is 48.2 Å². The molecule has 4 rings (SSSR count). The highest BCUT2D eigenvalue weighted by Crippen LogP contribution is 2.35. The van der Waals surface area contributed by atoms with Gasteiger partial charge in [0.1, 0.15) is 23.4 Å². The molecule has 0 fully saturated rings. The molecule has 2 aliphatic rings. The van der Waals surface area contributed by atoms with Gasteiger partial charge < -0.3 is 24.8 Å². The van der Waals surface area contributed by atoms with Crippen molar-refractivity contribution in [1.82, 2.24) is 10.6 Å². The maximum atomic E-state index is 5.91. The topological polar surface area (TPSA) is 64.1 Å². The molecule has 2 aromatic carbocycles. The summed E-state index contributed by atoms with van der Waals surface area (Å²) in [6.45, 7) is 6.15. The molecule has 6 nitrogen and oxygen atoms in total. The molecule has 0 spiro atoms. The number of nitrogens with one attached hydrogen (secondary N) is 2. The molecular weight excluding hydrogens is 366 g/mol. The molecule has 0 aliphatic carbocycles. The lowest BCUT2D eigenvalue weighted by atomic mass is 10.0. The standard InChI is InChI=1S/C23H29N3O3/c1-4-24-23(26-19-9-10-28-20-8-6-5-7-18(19)20)25-14-17-13-22-16(11-15(2)29-22)12-21(17)27-3/h5-8,12-13,15,19H,4,9-11,14H2,1-3H3,(H2,24,25,26). The largest absolute Gasteiger partial charge is 0.496 e. The Balaban J connectivity index is 1.54. The molecule has 2 aliphatic heterocycles. The van der Waals surface area contributed by atoms with Crippen LogP contribution in [-0.2, 0) is 13.0 Å². The number of rotatable bonds is 5. The Morgan fingerprint density at radius 1 is 1.24 bits per heavy atom. The van der Waals surface area contributed by atoms with Crippen LogP contribution in [0, 0.1) is 0 Å². The average Bonchev–Trinajstić information content (AvgIpc) is 3.10. The van der Waals surface area contributed by atoms with Gasteiger partial charge in [-0.05, 0) is 32.0 Å². The summed E-state index contributed by atoms with van der Waals surface area (Å²) < 4.78 is 17.3. The van der Waals surface area contributed by atoms with Crippen LogP contribution in [0.15, 0.2) is 41.4 Å². The van der Waals surface area contributed by atoms with Crippen LogP contribution in [0.1, 0.15) is 43.0 Å². The molecule has 0 bridgehead atoms. The number of aliphatic imine (C=N–C) groups is 1. The minimum Gasteiger partial charge on any atom is -0.496 e. The quantitative estimate of drug-likeness (QED) is 0.598. The van der Waals surface area contributed by atoms with Gasteiger partial charge in [-0.15, -0.1) is 0 Å². The van der Waals surface area contributed by atoms with Gasteiger partial charge in [0, 0.05) is 36.1 Å². The predicted octanol–water partition coefficient (Wildman–Crippen LogP) is 3.60. The number of benzene rings is 2.